The fourth-order valence-corrected chi connectivity index (χ4v) is 5.76. The van der Waals surface area contributed by atoms with E-state index in [9.17, 15) is 13.7 Å². The predicted molar refractivity (Wildman–Crippen MR) is 92.8 cm³/mol. The van der Waals surface area contributed by atoms with Crippen molar-refractivity contribution in [2.24, 2.45) is 0 Å². The van der Waals surface area contributed by atoms with E-state index in [1.807, 2.05) is 20.8 Å². The molecular weight excluding hydrogens is 322 g/mol. The van der Waals surface area contributed by atoms with Gasteiger partial charge >= 0.3 is 0 Å². The molecule has 0 radical (unpaired) electrons. The Morgan fingerprint density at radius 1 is 1.29 bits per heavy atom. The van der Waals surface area contributed by atoms with Crippen molar-refractivity contribution in [1.82, 2.24) is 9.38 Å². The van der Waals surface area contributed by atoms with E-state index < -0.39 is 9.84 Å². The van der Waals surface area contributed by atoms with Gasteiger partial charge in [-0.25, -0.2) is 13.4 Å². The fourth-order valence-electron chi connectivity index (χ4n) is 3.50. The highest BCUT2D eigenvalue weighted by molar-refractivity contribution is 7.92. The van der Waals surface area contributed by atoms with E-state index in [0.29, 0.717) is 21.9 Å². The lowest BCUT2D eigenvalue weighted by molar-refractivity contribution is 0.481. The van der Waals surface area contributed by atoms with Crippen molar-refractivity contribution in [3.05, 3.63) is 29.1 Å². The van der Waals surface area contributed by atoms with E-state index in [4.69, 9.17) is 0 Å². The number of sulfone groups is 1. The molecule has 0 atom stereocenters. The summed E-state index contributed by atoms with van der Waals surface area (Å²) in [5.41, 5.74) is 2.44. The maximum atomic E-state index is 13.3. The highest BCUT2D eigenvalue weighted by atomic mass is 32.2. The van der Waals surface area contributed by atoms with Gasteiger partial charge in [0.2, 0.25) is 0 Å². The van der Waals surface area contributed by atoms with Crippen molar-refractivity contribution in [3.8, 4) is 6.07 Å². The first-order chi connectivity index (χ1) is 11.4. The molecule has 2 heterocycles. The number of nitrogens with zero attached hydrogens (tertiary/aromatic N) is 3. The second kappa shape index (κ2) is 6.21. The summed E-state index contributed by atoms with van der Waals surface area (Å²) in [6, 6.07) is 3.83. The van der Waals surface area contributed by atoms with Crippen molar-refractivity contribution in [2.75, 3.05) is 0 Å². The van der Waals surface area contributed by atoms with Gasteiger partial charge < -0.3 is 0 Å². The van der Waals surface area contributed by atoms with Crippen molar-refractivity contribution in [1.29, 1.82) is 5.26 Å². The Kier molecular flexibility index (Phi) is 4.39. The van der Waals surface area contributed by atoms with Gasteiger partial charge in [0.25, 0.3) is 0 Å². The topological polar surface area (TPSA) is 75.2 Å². The second-order valence-electron chi connectivity index (χ2n) is 6.97. The van der Waals surface area contributed by atoms with Crippen LogP contribution in [0.1, 0.15) is 68.7 Å². The second-order valence-corrected chi connectivity index (χ2v) is 9.12. The van der Waals surface area contributed by atoms with Crippen LogP contribution in [0.5, 0.6) is 0 Å². The number of fused-ring (bicyclic) bond motifs is 1. The molecule has 24 heavy (non-hydrogen) atoms. The Bertz CT molecular complexity index is 914. The summed E-state index contributed by atoms with van der Waals surface area (Å²) in [4.78, 5) is 4.56. The SMILES string of the molecule is Cc1cn2c(S(=O)(=O)C3CCCCC3)c(C(C)C)nc2cc1C#N. The van der Waals surface area contributed by atoms with Crippen LogP contribution < -0.4 is 0 Å². The summed E-state index contributed by atoms with van der Waals surface area (Å²) in [5.74, 6) is 0.00380. The van der Waals surface area contributed by atoms with Crippen LogP contribution in [0.25, 0.3) is 5.65 Å². The first kappa shape index (κ1) is 17.0. The van der Waals surface area contributed by atoms with Gasteiger partial charge in [-0.15, -0.1) is 0 Å². The highest BCUT2D eigenvalue weighted by Gasteiger charge is 2.35. The van der Waals surface area contributed by atoms with Crippen LogP contribution in [-0.2, 0) is 9.84 Å². The van der Waals surface area contributed by atoms with Crippen LogP contribution in [0, 0.1) is 18.3 Å². The van der Waals surface area contributed by atoms with Gasteiger partial charge in [-0.3, -0.25) is 4.40 Å². The van der Waals surface area contributed by atoms with Gasteiger partial charge in [0.05, 0.1) is 22.6 Å². The average Bonchev–Trinajstić information content (AvgIpc) is 2.94. The van der Waals surface area contributed by atoms with Gasteiger partial charge in [-0.05, 0) is 37.3 Å². The Labute approximate surface area is 143 Å². The molecule has 5 nitrogen and oxygen atoms in total. The first-order valence-electron chi connectivity index (χ1n) is 8.53. The molecule has 0 spiro atoms. The summed E-state index contributed by atoms with van der Waals surface area (Å²) in [5, 5.41) is 9.23. The molecule has 0 bridgehead atoms. The largest absolute Gasteiger partial charge is 0.290 e. The number of imidazole rings is 1. The minimum atomic E-state index is -3.44. The molecule has 1 saturated carbocycles. The standard InChI is InChI=1S/C18H23N3O2S/c1-12(2)17-18(24(22,23)15-7-5-4-6-8-15)21-11-13(3)14(10-19)9-16(21)20-17/h9,11-12,15H,4-8H2,1-3H3. The van der Waals surface area contributed by atoms with Gasteiger partial charge in [-0.1, -0.05) is 33.1 Å². The molecule has 0 N–H and O–H groups in total. The molecule has 1 fully saturated rings. The molecule has 0 aromatic carbocycles. The molecule has 128 valence electrons. The number of rotatable bonds is 3. The van der Waals surface area contributed by atoms with Crippen molar-refractivity contribution < 1.29 is 8.42 Å². The van der Waals surface area contributed by atoms with Crippen LogP contribution in [0.4, 0.5) is 0 Å². The summed E-state index contributed by atoms with van der Waals surface area (Å²) in [6.07, 6.45) is 6.23. The monoisotopic (exact) mass is 345 g/mol. The van der Waals surface area contributed by atoms with Crippen molar-refractivity contribution in [2.45, 2.75) is 69.1 Å². The van der Waals surface area contributed by atoms with Gasteiger partial charge in [0.1, 0.15) is 5.65 Å². The molecule has 0 aliphatic heterocycles. The van der Waals surface area contributed by atoms with E-state index in [1.54, 1.807) is 16.7 Å². The Morgan fingerprint density at radius 2 is 1.96 bits per heavy atom. The Hall–Kier alpha value is -1.87. The zero-order chi connectivity index (χ0) is 17.5. The molecule has 3 rings (SSSR count). The van der Waals surface area contributed by atoms with Gasteiger partial charge in [0, 0.05) is 6.20 Å². The zero-order valence-corrected chi connectivity index (χ0v) is 15.2. The predicted octanol–water partition coefficient (Wildman–Crippen LogP) is 3.74. The summed E-state index contributed by atoms with van der Waals surface area (Å²) in [7, 11) is -3.44. The fraction of sp³-hybridized carbons (Fsp3) is 0.556. The van der Waals surface area contributed by atoms with Crippen molar-refractivity contribution >= 4 is 15.5 Å². The summed E-state index contributed by atoms with van der Waals surface area (Å²) < 4.78 is 28.3. The quantitative estimate of drug-likeness (QED) is 0.849. The van der Waals surface area contributed by atoms with Gasteiger partial charge in [-0.2, -0.15) is 5.26 Å². The molecule has 2 aromatic rings. The van der Waals surface area contributed by atoms with Gasteiger partial charge in [0.15, 0.2) is 14.9 Å². The Balaban J connectivity index is 2.27. The third-order valence-corrected chi connectivity index (χ3v) is 7.16. The molecule has 0 unspecified atom stereocenters. The lowest BCUT2D eigenvalue weighted by atomic mass is 10.0. The normalized spacial score (nSPS) is 16.6. The molecule has 6 heteroatoms. The molecular formula is C18H23N3O2S. The van der Waals surface area contributed by atoms with Crippen molar-refractivity contribution in [3.63, 3.8) is 0 Å². The number of pyridine rings is 1. The number of hydrogen-bond donors (Lipinski definition) is 0. The number of nitriles is 1. The minimum absolute atomic E-state index is 0.00380. The van der Waals surface area contributed by atoms with Crippen LogP contribution in [0.3, 0.4) is 0 Å². The first-order valence-corrected chi connectivity index (χ1v) is 10.1. The van der Waals surface area contributed by atoms with E-state index >= 15 is 0 Å². The third-order valence-electron chi connectivity index (χ3n) is 4.87. The van der Waals surface area contributed by atoms with E-state index in [2.05, 4.69) is 11.1 Å². The van der Waals surface area contributed by atoms with E-state index in [1.165, 1.54) is 0 Å². The van der Waals surface area contributed by atoms with Crippen LogP contribution >= 0.6 is 0 Å². The average molecular weight is 345 g/mol. The number of aryl methyl sites for hydroxylation is 1. The number of hydrogen-bond acceptors (Lipinski definition) is 4. The highest BCUT2D eigenvalue weighted by Crippen LogP contribution is 2.33. The lowest BCUT2D eigenvalue weighted by Gasteiger charge is -2.22. The summed E-state index contributed by atoms with van der Waals surface area (Å²) in [6.45, 7) is 5.74. The molecule has 0 amide bonds. The molecule has 0 saturated heterocycles. The van der Waals surface area contributed by atoms with E-state index in [0.717, 1.165) is 37.7 Å². The molecule has 1 aliphatic rings. The van der Waals surface area contributed by atoms with Crippen LogP contribution in [0.2, 0.25) is 0 Å². The molecule has 1 aliphatic carbocycles. The smallest absolute Gasteiger partial charge is 0.198 e. The van der Waals surface area contributed by atoms with Crippen LogP contribution in [0.15, 0.2) is 17.3 Å². The zero-order valence-electron chi connectivity index (χ0n) is 14.4. The minimum Gasteiger partial charge on any atom is -0.290 e. The lowest BCUT2D eigenvalue weighted by Crippen LogP contribution is -2.26. The summed E-state index contributed by atoms with van der Waals surface area (Å²) >= 11 is 0. The number of aromatic nitrogens is 2. The van der Waals surface area contributed by atoms with Crippen LogP contribution in [-0.4, -0.2) is 23.1 Å². The molecule has 2 aromatic heterocycles. The maximum Gasteiger partial charge on any atom is 0.198 e. The Morgan fingerprint density at radius 3 is 2.54 bits per heavy atom. The maximum absolute atomic E-state index is 13.3. The van der Waals surface area contributed by atoms with E-state index in [-0.39, 0.29) is 11.2 Å². The third kappa shape index (κ3) is 2.71.